The fourth-order valence-corrected chi connectivity index (χ4v) is 1.21. The van der Waals surface area contributed by atoms with Crippen molar-refractivity contribution >= 4 is 5.69 Å². The average molecular weight is 200 g/mol. The molecule has 76 valence electrons. The van der Waals surface area contributed by atoms with E-state index in [-0.39, 0.29) is 0 Å². The first-order valence-electron chi connectivity index (χ1n) is 4.72. The minimum atomic E-state index is 0.548. The molecule has 0 amide bonds. The lowest BCUT2D eigenvalue weighted by atomic mass is 10.3. The van der Waals surface area contributed by atoms with Crippen molar-refractivity contribution in [2.24, 2.45) is 0 Å². The first-order valence-corrected chi connectivity index (χ1v) is 4.72. The number of ether oxygens (including phenoxy) is 1. The van der Waals surface area contributed by atoms with Crippen LogP contribution in [0.2, 0.25) is 0 Å². The van der Waals surface area contributed by atoms with E-state index >= 15 is 0 Å². The molecule has 2 rings (SSSR count). The Kier molecular flexibility index (Phi) is 2.83. The topological polar surface area (TPSA) is 48.1 Å². The second-order valence-corrected chi connectivity index (χ2v) is 3.21. The van der Waals surface area contributed by atoms with Crippen LogP contribution in [0.15, 0.2) is 48.8 Å². The third kappa shape index (κ3) is 2.71. The zero-order valence-corrected chi connectivity index (χ0v) is 8.26. The third-order valence-corrected chi connectivity index (χ3v) is 2.03. The second kappa shape index (κ2) is 4.46. The normalized spacial score (nSPS) is 9.87. The van der Waals surface area contributed by atoms with Crippen LogP contribution in [0.5, 0.6) is 5.75 Å². The fraction of sp³-hybridized carbons (Fsp3) is 0.0833. The molecule has 0 bridgehead atoms. The third-order valence-electron chi connectivity index (χ3n) is 2.03. The number of anilines is 1. The number of aromatic nitrogens is 1. The Morgan fingerprint density at radius 3 is 2.33 bits per heavy atom. The largest absolute Gasteiger partial charge is 0.489 e. The van der Waals surface area contributed by atoms with E-state index in [0.717, 1.165) is 17.0 Å². The lowest BCUT2D eigenvalue weighted by Crippen LogP contribution is -1.95. The summed E-state index contributed by atoms with van der Waals surface area (Å²) in [6, 6.07) is 11.2. The molecule has 0 aliphatic carbocycles. The number of nitrogens with zero attached hydrogens (tertiary/aromatic N) is 1. The Labute approximate surface area is 88.5 Å². The molecular weight excluding hydrogens is 188 g/mol. The first-order chi connectivity index (χ1) is 7.34. The predicted molar refractivity (Wildman–Crippen MR) is 59.4 cm³/mol. The summed E-state index contributed by atoms with van der Waals surface area (Å²) in [7, 11) is 0. The molecular formula is C12H12N2O. The Hall–Kier alpha value is -2.03. The SMILES string of the molecule is Nc1ccc(OCc2ccncc2)cc1. The van der Waals surface area contributed by atoms with Gasteiger partial charge in [0.1, 0.15) is 12.4 Å². The van der Waals surface area contributed by atoms with Crippen molar-refractivity contribution in [3.05, 3.63) is 54.4 Å². The summed E-state index contributed by atoms with van der Waals surface area (Å²) in [4.78, 5) is 3.94. The molecule has 0 fully saturated rings. The molecule has 2 N–H and O–H groups in total. The van der Waals surface area contributed by atoms with Crippen LogP contribution in [-0.2, 0) is 6.61 Å². The van der Waals surface area contributed by atoms with Crippen molar-refractivity contribution < 1.29 is 4.74 Å². The van der Waals surface area contributed by atoms with Crippen LogP contribution in [0.1, 0.15) is 5.56 Å². The molecule has 0 unspecified atom stereocenters. The van der Waals surface area contributed by atoms with Gasteiger partial charge >= 0.3 is 0 Å². The second-order valence-electron chi connectivity index (χ2n) is 3.21. The smallest absolute Gasteiger partial charge is 0.119 e. The number of benzene rings is 1. The Morgan fingerprint density at radius 2 is 1.67 bits per heavy atom. The van der Waals surface area contributed by atoms with Gasteiger partial charge in [0.25, 0.3) is 0 Å². The van der Waals surface area contributed by atoms with E-state index in [9.17, 15) is 0 Å². The van der Waals surface area contributed by atoms with Crippen LogP contribution >= 0.6 is 0 Å². The van der Waals surface area contributed by atoms with Gasteiger partial charge in [-0.25, -0.2) is 0 Å². The van der Waals surface area contributed by atoms with Crippen LogP contribution in [0, 0.1) is 0 Å². The quantitative estimate of drug-likeness (QED) is 0.773. The molecule has 0 aliphatic heterocycles. The molecule has 1 heterocycles. The zero-order chi connectivity index (χ0) is 10.5. The van der Waals surface area contributed by atoms with Gasteiger partial charge < -0.3 is 10.5 Å². The Bertz CT molecular complexity index is 411. The van der Waals surface area contributed by atoms with Crippen LogP contribution in [0.4, 0.5) is 5.69 Å². The highest BCUT2D eigenvalue weighted by Crippen LogP contribution is 2.14. The maximum absolute atomic E-state index is 5.57. The molecule has 0 spiro atoms. The average Bonchev–Trinajstić information content (AvgIpc) is 2.30. The van der Waals surface area contributed by atoms with Gasteiger partial charge in [-0.05, 0) is 42.0 Å². The number of hydrogen-bond acceptors (Lipinski definition) is 3. The monoisotopic (exact) mass is 200 g/mol. The van der Waals surface area contributed by atoms with Gasteiger partial charge in [-0.1, -0.05) is 0 Å². The maximum Gasteiger partial charge on any atom is 0.119 e. The van der Waals surface area contributed by atoms with E-state index < -0.39 is 0 Å². The van der Waals surface area contributed by atoms with Crippen molar-refractivity contribution in [1.82, 2.24) is 4.98 Å². The zero-order valence-electron chi connectivity index (χ0n) is 8.26. The van der Waals surface area contributed by atoms with Gasteiger partial charge in [-0.3, -0.25) is 4.98 Å². The van der Waals surface area contributed by atoms with Crippen LogP contribution in [-0.4, -0.2) is 4.98 Å². The number of rotatable bonds is 3. The number of hydrogen-bond donors (Lipinski definition) is 1. The standard InChI is InChI=1S/C12H12N2O/c13-11-1-3-12(4-2-11)15-9-10-5-7-14-8-6-10/h1-8H,9,13H2. The predicted octanol–water partition coefficient (Wildman–Crippen LogP) is 2.24. The minimum Gasteiger partial charge on any atom is -0.489 e. The number of nitrogens with two attached hydrogens (primary N) is 1. The molecule has 2 aromatic rings. The van der Waals surface area contributed by atoms with E-state index in [1.165, 1.54) is 0 Å². The van der Waals surface area contributed by atoms with E-state index in [4.69, 9.17) is 10.5 Å². The van der Waals surface area contributed by atoms with Crippen LogP contribution in [0.25, 0.3) is 0 Å². The van der Waals surface area contributed by atoms with Crippen molar-refractivity contribution in [2.45, 2.75) is 6.61 Å². The van der Waals surface area contributed by atoms with Crippen molar-refractivity contribution in [2.75, 3.05) is 5.73 Å². The summed E-state index contributed by atoms with van der Waals surface area (Å²) in [5.41, 5.74) is 7.41. The van der Waals surface area contributed by atoms with Crippen molar-refractivity contribution in [3.63, 3.8) is 0 Å². The molecule has 0 saturated carbocycles. The van der Waals surface area contributed by atoms with Gasteiger partial charge in [0, 0.05) is 18.1 Å². The van der Waals surface area contributed by atoms with Gasteiger partial charge in [0.05, 0.1) is 0 Å². The summed E-state index contributed by atoms with van der Waals surface area (Å²) in [6.45, 7) is 0.548. The van der Waals surface area contributed by atoms with E-state index in [1.807, 2.05) is 36.4 Å². The van der Waals surface area contributed by atoms with Gasteiger partial charge in [0.2, 0.25) is 0 Å². The highest BCUT2D eigenvalue weighted by Gasteiger charge is 1.94. The summed E-state index contributed by atoms with van der Waals surface area (Å²) in [5.74, 6) is 0.820. The van der Waals surface area contributed by atoms with E-state index in [1.54, 1.807) is 12.4 Å². The number of pyridine rings is 1. The van der Waals surface area contributed by atoms with E-state index in [0.29, 0.717) is 6.61 Å². The molecule has 0 radical (unpaired) electrons. The Morgan fingerprint density at radius 1 is 1.00 bits per heavy atom. The number of nitrogen functional groups attached to an aromatic ring is 1. The molecule has 1 aromatic carbocycles. The van der Waals surface area contributed by atoms with Gasteiger partial charge in [0.15, 0.2) is 0 Å². The lowest BCUT2D eigenvalue weighted by Gasteiger charge is -2.05. The molecule has 0 aliphatic rings. The van der Waals surface area contributed by atoms with Crippen molar-refractivity contribution in [3.8, 4) is 5.75 Å². The summed E-state index contributed by atoms with van der Waals surface area (Å²) in [5, 5.41) is 0. The molecule has 15 heavy (non-hydrogen) atoms. The summed E-state index contributed by atoms with van der Waals surface area (Å²) >= 11 is 0. The minimum absolute atomic E-state index is 0.548. The highest BCUT2D eigenvalue weighted by atomic mass is 16.5. The van der Waals surface area contributed by atoms with Gasteiger partial charge in [-0.2, -0.15) is 0 Å². The fourth-order valence-electron chi connectivity index (χ4n) is 1.21. The summed E-state index contributed by atoms with van der Waals surface area (Å²) in [6.07, 6.45) is 3.50. The highest BCUT2D eigenvalue weighted by molar-refractivity contribution is 5.41. The summed E-state index contributed by atoms with van der Waals surface area (Å²) < 4.78 is 5.56. The molecule has 3 nitrogen and oxygen atoms in total. The molecule has 0 atom stereocenters. The molecule has 1 aromatic heterocycles. The first kappa shape index (κ1) is 9.52. The van der Waals surface area contributed by atoms with E-state index in [2.05, 4.69) is 4.98 Å². The van der Waals surface area contributed by atoms with Crippen LogP contribution in [0.3, 0.4) is 0 Å². The Balaban J connectivity index is 1.96. The molecule has 3 heteroatoms. The maximum atomic E-state index is 5.57. The lowest BCUT2D eigenvalue weighted by molar-refractivity contribution is 0.306. The van der Waals surface area contributed by atoms with Gasteiger partial charge in [-0.15, -0.1) is 0 Å². The van der Waals surface area contributed by atoms with Crippen molar-refractivity contribution in [1.29, 1.82) is 0 Å². The van der Waals surface area contributed by atoms with Crippen LogP contribution < -0.4 is 10.5 Å². The molecule has 0 saturated heterocycles.